The molecule has 0 radical (unpaired) electrons. The molecule has 2 aromatic rings. The van der Waals surface area contributed by atoms with Gasteiger partial charge in [-0.25, -0.2) is 13.4 Å². The summed E-state index contributed by atoms with van der Waals surface area (Å²) in [5.41, 5.74) is 0. The monoisotopic (exact) mass is 351 g/mol. The summed E-state index contributed by atoms with van der Waals surface area (Å²) in [7, 11) is -3.55. The van der Waals surface area contributed by atoms with Crippen LogP contribution in [-0.2, 0) is 14.8 Å². The Labute approximate surface area is 139 Å². The third-order valence-corrected chi connectivity index (χ3v) is 6.37. The summed E-state index contributed by atoms with van der Waals surface area (Å²) in [6, 6.07) is 8.33. The molecule has 1 saturated heterocycles. The van der Waals surface area contributed by atoms with Crippen molar-refractivity contribution in [3.8, 4) is 0 Å². The van der Waals surface area contributed by atoms with Crippen LogP contribution in [0.4, 0.5) is 5.13 Å². The number of benzene rings is 1. The van der Waals surface area contributed by atoms with Gasteiger partial charge in [0.05, 0.1) is 10.8 Å². The minimum Gasteiger partial charge on any atom is -0.302 e. The standard InChI is InChI=1S/C15H17N3O3S2/c19-14(17-15-16-8-10-22-15)12-5-4-9-18(11-12)23(20,21)13-6-2-1-3-7-13/h1-3,6-8,10,12H,4-5,9,11H2,(H,16,17,19). The van der Waals surface area contributed by atoms with Crippen molar-refractivity contribution in [3.63, 3.8) is 0 Å². The highest BCUT2D eigenvalue weighted by Gasteiger charge is 2.33. The Morgan fingerprint density at radius 1 is 1.30 bits per heavy atom. The molecule has 1 aliphatic rings. The molecular formula is C15H17N3O3S2. The van der Waals surface area contributed by atoms with E-state index >= 15 is 0 Å². The van der Waals surface area contributed by atoms with E-state index in [1.165, 1.54) is 15.6 Å². The Hall–Kier alpha value is -1.77. The quantitative estimate of drug-likeness (QED) is 0.916. The van der Waals surface area contributed by atoms with E-state index in [2.05, 4.69) is 10.3 Å². The summed E-state index contributed by atoms with van der Waals surface area (Å²) < 4.78 is 26.7. The number of sulfonamides is 1. The minimum atomic E-state index is -3.55. The molecule has 3 rings (SSSR count). The molecule has 2 heterocycles. The molecule has 1 amide bonds. The molecule has 1 aliphatic heterocycles. The molecule has 0 spiro atoms. The van der Waals surface area contributed by atoms with E-state index in [1.807, 2.05) is 0 Å². The average molecular weight is 351 g/mol. The molecule has 23 heavy (non-hydrogen) atoms. The predicted octanol–water partition coefficient (Wildman–Crippen LogP) is 2.18. The predicted molar refractivity (Wildman–Crippen MR) is 88.7 cm³/mol. The smallest absolute Gasteiger partial charge is 0.243 e. The number of thiazole rings is 1. The summed E-state index contributed by atoms with van der Waals surface area (Å²) in [5.74, 6) is -0.529. The van der Waals surface area contributed by atoms with Gasteiger partial charge in [-0.2, -0.15) is 4.31 Å². The Kier molecular flexibility index (Phi) is 4.74. The first-order chi connectivity index (χ1) is 11.1. The third kappa shape index (κ3) is 3.60. The number of piperidine rings is 1. The van der Waals surface area contributed by atoms with E-state index < -0.39 is 10.0 Å². The molecule has 6 nitrogen and oxygen atoms in total. The Bertz CT molecular complexity index is 761. The van der Waals surface area contributed by atoms with E-state index in [4.69, 9.17) is 0 Å². The zero-order valence-electron chi connectivity index (χ0n) is 12.4. The first-order valence-electron chi connectivity index (χ1n) is 7.33. The Balaban J connectivity index is 1.72. The maximum absolute atomic E-state index is 12.7. The van der Waals surface area contributed by atoms with Crippen LogP contribution in [0, 0.1) is 5.92 Å². The van der Waals surface area contributed by atoms with Crippen molar-refractivity contribution < 1.29 is 13.2 Å². The van der Waals surface area contributed by atoms with Gasteiger partial charge in [0.15, 0.2) is 5.13 Å². The van der Waals surface area contributed by atoms with Crippen molar-refractivity contribution in [1.82, 2.24) is 9.29 Å². The zero-order chi connectivity index (χ0) is 16.3. The molecule has 0 saturated carbocycles. The van der Waals surface area contributed by atoms with Crippen LogP contribution < -0.4 is 5.32 Å². The Morgan fingerprint density at radius 2 is 2.09 bits per heavy atom. The van der Waals surface area contributed by atoms with Gasteiger partial charge in [-0.05, 0) is 25.0 Å². The fraction of sp³-hybridized carbons (Fsp3) is 0.333. The number of anilines is 1. The van der Waals surface area contributed by atoms with Crippen LogP contribution in [-0.4, -0.2) is 36.7 Å². The highest BCUT2D eigenvalue weighted by Crippen LogP contribution is 2.25. The lowest BCUT2D eigenvalue weighted by Crippen LogP contribution is -2.43. The number of carbonyl (C=O) groups is 1. The van der Waals surface area contributed by atoms with E-state index in [0.29, 0.717) is 24.5 Å². The number of nitrogens with zero attached hydrogens (tertiary/aromatic N) is 2. The summed E-state index contributed by atoms with van der Waals surface area (Å²) in [6.07, 6.45) is 2.97. The van der Waals surface area contributed by atoms with Crippen LogP contribution in [0.15, 0.2) is 46.8 Å². The number of amides is 1. The van der Waals surface area contributed by atoms with Crippen LogP contribution in [0.5, 0.6) is 0 Å². The maximum atomic E-state index is 12.7. The third-order valence-electron chi connectivity index (χ3n) is 3.80. The number of rotatable bonds is 4. The fourth-order valence-corrected chi connectivity index (χ4v) is 4.69. The lowest BCUT2D eigenvalue weighted by molar-refractivity contribution is -0.120. The van der Waals surface area contributed by atoms with Gasteiger partial charge in [-0.15, -0.1) is 11.3 Å². The number of aromatic nitrogens is 1. The van der Waals surface area contributed by atoms with Gasteiger partial charge in [0.2, 0.25) is 15.9 Å². The first-order valence-corrected chi connectivity index (χ1v) is 9.65. The van der Waals surface area contributed by atoms with E-state index in [0.717, 1.165) is 0 Å². The van der Waals surface area contributed by atoms with Crippen LogP contribution in [0.2, 0.25) is 0 Å². The maximum Gasteiger partial charge on any atom is 0.243 e. The van der Waals surface area contributed by atoms with Crippen molar-refractivity contribution in [2.24, 2.45) is 5.92 Å². The Morgan fingerprint density at radius 3 is 2.78 bits per heavy atom. The SMILES string of the molecule is O=C(Nc1nccs1)C1CCCN(S(=O)(=O)c2ccccc2)C1. The number of carbonyl (C=O) groups excluding carboxylic acids is 1. The molecule has 122 valence electrons. The molecule has 8 heteroatoms. The number of hydrogen-bond acceptors (Lipinski definition) is 5. The lowest BCUT2D eigenvalue weighted by Gasteiger charge is -2.31. The molecule has 1 N–H and O–H groups in total. The van der Waals surface area contributed by atoms with E-state index in [1.54, 1.807) is 41.9 Å². The highest BCUT2D eigenvalue weighted by atomic mass is 32.2. The molecule has 0 aliphatic carbocycles. The second kappa shape index (κ2) is 6.77. The zero-order valence-corrected chi connectivity index (χ0v) is 14.0. The first kappa shape index (κ1) is 16.1. The van der Waals surface area contributed by atoms with Gasteiger partial charge < -0.3 is 5.32 Å². The number of nitrogens with one attached hydrogen (secondary N) is 1. The average Bonchev–Trinajstić information content (AvgIpc) is 3.09. The van der Waals surface area contributed by atoms with E-state index in [9.17, 15) is 13.2 Å². The molecule has 1 aromatic carbocycles. The summed E-state index contributed by atoms with van der Waals surface area (Å²) >= 11 is 1.34. The normalized spacial score (nSPS) is 19.4. The van der Waals surface area contributed by atoms with Crippen molar-refractivity contribution in [1.29, 1.82) is 0 Å². The van der Waals surface area contributed by atoms with Crippen LogP contribution in [0.1, 0.15) is 12.8 Å². The lowest BCUT2D eigenvalue weighted by atomic mass is 9.99. The van der Waals surface area contributed by atoms with Crippen molar-refractivity contribution in [2.45, 2.75) is 17.7 Å². The van der Waals surface area contributed by atoms with E-state index in [-0.39, 0.29) is 23.3 Å². The topological polar surface area (TPSA) is 79.4 Å². The highest BCUT2D eigenvalue weighted by molar-refractivity contribution is 7.89. The van der Waals surface area contributed by atoms with Gasteiger partial charge in [-0.3, -0.25) is 4.79 Å². The van der Waals surface area contributed by atoms with Gasteiger partial charge in [0.25, 0.3) is 0 Å². The fourth-order valence-electron chi connectivity index (χ4n) is 2.61. The molecule has 1 aromatic heterocycles. The molecule has 1 fully saturated rings. The van der Waals surface area contributed by atoms with Gasteiger partial charge in [-0.1, -0.05) is 18.2 Å². The number of hydrogen-bond donors (Lipinski definition) is 1. The summed E-state index contributed by atoms with van der Waals surface area (Å²) in [5, 5.41) is 5.07. The molecular weight excluding hydrogens is 334 g/mol. The summed E-state index contributed by atoms with van der Waals surface area (Å²) in [6.45, 7) is 0.646. The molecule has 1 unspecified atom stereocenters. The second-order valence-electron chi connectivity index (χ2n) is 5.34. The van der Waals surface area contributed by atoms with Crippen LogP contribution in [0.3, 0.4) is 0 Å². The van der Waals surface area contributed by atoms with Gasteiger partial charge in [0, 0.05) is 24.7 Å². The molecule has 1 atom stereocenters. The van der Waals surface area contributed by atoms with Gasteiger partial charge >= 0.3 is 0 Å². The van der Waals surface area contributed by atoms with Crippen LogP contribution in [0.25, 0.3) is 0 Å². The summed E-state index contributed by atoms with van der Waals surface area (Å²) in [4.78, 5) is 16.6. The second-order valence-corrected chi connectivity index (χ2v) is 8.17. The van der Waals surface area contributed by atoms with Crippen molar-refractivity contribution >= 4 is 32.4 Å². The minimum absolute atomic E-state index is 0.173. The van der Waals surface area contributed by atoms with Crippen molar-refractivity contribution in [2.75, 3.05) is 18.4 Å². The largest absolute Gasteiger partial charge is 0.302 e. The molecule has 0 bridgehead atoms. The van der Waals surface area contributed by atoms with Crippen LogP contribution >= 0.6 is 11.3 Å². The van der Waals surface area contributed by atoms with Crippen molar-refractivity contribution in [3.05, 3.63) is 41.9 Å². The van der Waals surface area contributed by atoms with Gasteiger partial charge in [0.1, 0.15) is 0 Å².